The van der Waals surface area contributed by atoms with Crippen LogP contribution in [0.4, 0.5) is 13.2 Å². The fourth-order valence-corrected chi connectivity index (χ4v) is 3.62. The summed E-state index contributed by atoms with van der Waals surface area (Å²) in [7, 11) is 1.80. The molecule has 0 unspecified atom stereocenters. The van der Waals surface area contributed by atoms with Crippen LogP contribution in [-0.4, -0.2) is 24.9 Å². The summed E-state index contributed by atoms with van der Waals surface area (Å²) in [6.45, 7) is 0.187. The summed E-state index contributed by atoms with van der Waals surface area (Å²) in [5, 5.41) is 13.2. The highest BCUT2D eigenvalue weighted by Gasteiger charge is 2.30. The van der Waals surface area contributed by atoms with Crippen LogP contribution in [0.15, 0.2) is 58.2 Å². The number of halogens is 4. The van der Waals surface area contributed by atoms with E-state index < -0.39 is 11.7 Å². The van der Waals surface area contributed by atoms with E-state index in [9.17, 15) is 13.2 Å². The lowest BCUT2D eigenvalue weighted by atomic mass is 10.1. The highest BCUT2D eigenvalue weighted by atomic mass is 35.5. The SMILES string of the molecule is Cn1c(COc2ccccc2Cl)nnc1SCc1nc(-c2ccc(C(F)(F)F)cc2)no1. The molecule has 0 atom stereocenters. The number of thioether (sulfide) groups is 1. The first kappa shape index (κ1) is 22.2. The largest absolute Gasteiger partial charge is 0.484 e. The van der Waals surface area contributed by atoms with Gasteiger partial charge < -0.3 is 13.8 Å². The minimum atomic E-state index is -4.40. The molecule has 2 aromatic carbocycles. The maximum atomic E-state index is 12.7. The van der Waals surface area contributed by atoms with Crippen LogP contribution >= 0.6 is 23.4 Å². The van der Waals surface area contributed by atoms with Crippen LogP contribution in [0.5, 0.6) is 5.75 Å². The second-order valence-electron chi connectivity index (χ2n) is 6.55. The quantitative estimate of drug-likeness (QED) is 0.326. The van der Waals surface area contributed by atoms with Gasteiger partial charge in [0.2, 0.25) is 11.7 Å². The van der Waals surface area contributed by atoms with E-state index in [1.54, 1.807) is 23.7 Å². The van der Waals surface area contributed by atoms with Crippen LogP contribution in [0.3, 0.4) is 0 Å². The van der Waals surface area contributed by atoms with E-state index in [-0.39, 0.29) is 12.4 Å². The number of alkyl halides is 3. The van der Waals surface area contributed by atoms with Crippen molar-refractivity contribution in [1.82, 2.24) is 24.9 Å². The van der Waals surface area contributed by atoms with Gasteiger partial charge in [-0.3, -0.25) is 0 Å². The molecule has 0 saturated heterocycles. The van der Waals surface area contributed by atoms with E-state index in [4.69, 9.17) is 20.9 Å². The van der Waals surface area contributed by atoms with Crippen molar-refractivity contribution >= 4 is 23.4 Å². The lowest BCUT2D eigenvalue weighted by Crippen LogP contribution is -2.04. The molecule has 7 nitrogen and oxygen atoms in total. The number of ether oxygens (including phenoxy) is 1. The summed E-state index contributed by atoms with van der Waals surface area (Å²) in [5.41, 5.74) is -0.312. The Labute approximate surface area is 189 Å². The van der Waals surface area contributed by atoms with Crippen LogP contribution in [0.2, 0.25) is 5.02 Å². The van der Waals surface area contributed by atoms with Crippen molar-refractivity contribution in [2.24, 2.45) is 7.05 Å². The Bertz CT molecular complexity index is 1210. The molecule has 0 amide bonds. The van der Waals surface area contributed by atoms with Crippen molar-refractivity contribution in [2.75, 3.05) is 0 Å². The smallest absolute Gasteiger partial charge is 0.416 e. The summed E-state index contributed by atoms with van der Waals surface area (Å²) in [5.74, 6) is 1.98. The Morgan fingerprint density at radius 2 is 1.84 bits per heavy atom. The molecular formula is C20H15ClF3N5O2S. The van der Waals surface area contributed by atoms with Crippen LogP contribution in [0.1, 0.15) is 17.3 Å². The predicted molar refractivity (Wildman–Crippen MR) is 111 cm³/mol. The molecule has 0 bridgehead atoms. The molecule has 12 heteroatoms. The van der Waals surface area contributed by atoms with Crippen LogP contribution in [0.25, 0.3) is 11.4 Å². The third kappa shape index (κ3) is 5.05. The van der Waals surface area contributed by atoms with Crippen molar-refractivity contribution in [3.05, 3.63) is 70.8 Å². The molecular weight excluding hydrogens is 467 g/mol. The first-order valence-corrected chi connectivity index (χ1v) is 10.6. The number of hydrogen-bond acceptors (Lipinski definition) is 7. The summed E-state index contributed by atoms with van der Waals surface area (Å²) in [6, 6.07) is 11.7. The number of nitrogens with zero attached hydrogens (tertiary/aromatic N) is 5. The van der Waals surface area contributed by atoms with Gasteiger partial charge in [0, 0.05) is 12.6 Å². The number of aromatic nitrogens is 5. The van der Waals surface area contributed by atoms with Crippen LogP contribution < -0.4 is 4.74 Å². The molecule has 0 aliphatic heterocycles. The molecule has 0 aliphatic rings. The molecule has 2 aromatic heterocycles. The molecule has 0 fully saturated rings. The highest BCUT2D eigenvalue weighted by molar-refractivity contribution is 7.98. The zero-order valence-corrected chi connectivity index (χ0v) is 18.1. The van der Waals surface area contributed by atoms with E-state index in [1.165, 1.54) is 23.9 Å². The zero-order chi connectivity index (χ0) is 22.7. The van der Waals surface area contributed by atoms with E-state index in [1.807, 2.05) is 12.1 Å². The number of para-hydroxylation sites is 1. The molecule has 0 aliphatic carbocycles. The molecule has 0 radical (unpaired) electrons. The third-order valence-corrected chi connectivity index (χ3v) is 5.70. The van der Waals surface area contributed by atoms with E-state index in [0.29, 0.717) is 39.0 Å². The average molecular weight is 482 g/mol. The maximum Gasteiger partial charge on any atom is 0.416 e. The Morgan fingerprint density at radius 1 is 1.09 bits per heavy atom. The van der Waals surface area contributed by atoms with Crippen molar-refractivity contribution in [3.63, 3.8) is 0 Å². The summed E-state index contributed by atoms with van der Waals surface area (Å²) >= 11 is 7.40. The van der Waals surface area contributed by atoms with Crippen LogP contribution in [0, 0.1) is 0 Å². The maximum absolute atomic E-state index is 12.7. The first-order valence-electron chi connectivity index (χ1n) is 9.20. The van der Waals surface area contributed by atoms with E-state index in [2.05, 4.69) is 20.3 Å². The Kier molecular flexibility index (Phi) is 6.38. The topological polar surface area (TPSA) is 78.9 Å². The Hall–Kier alpha value is -3.05. The number of benzene rings is 2. The van der Waals surface area contributed by atoms with E-state index in [0.717, 1.165) is 12.1 Å². The third-order valence-electron chi connectivity index (χ3n) is 4.38. The summed E-state index contributed by atoms with van der Waals surface area (Å²) in [6.07, 6.45) is -4.40. The van der Waals surface area contributed by atoms with Gasteiger partial charge in [-0.15, -0.1) is 10.2 Å². The van der Waals surface area contributed by atoms with Gasteiger partial charge in [0.05, 0.1) is 16.3 Å². The number of hydrogen-bond donors (Lipinski definition) is 0. The van der Waals surface area contributed by atoms with Gasteiger partial charge in [-0.05, 0) is 24.3 Å². The van der Waals surface area contributed by atoms with Crippen LogP contribution in [-0.2, 0) is 25.6 Å². The van der Waals surface area contributed by atoms with Crippen molar-refractivity contribution in [1.29, 1.82) is 0 Å². The molecule has 4 rings (SSSR count). The Morgan fingerprint density at radius 3 is 2.56 bits per heavy atom. The zero-order valence-electron chi connectivity index (χ0n) is 16.5. The second-order valence-corrected chi connectivity index (χ2v) is 7.90. The molecule has 4 aromatic rings. The van der Waals surface area contributed by atoms with Gasteiger partial charge in [-0.25, -0.2) is 0 Å². The standard InChI is InChI=1S/C20H15ClF3N5O2S/c1-29-16(10-30-15-5-3-2-4-14(15)21)26-27-19(29)32-11-17-25-18(28-31-17)12-6-8-13(9-7-12)20(22,23)24/h2-9H,10-11H2,1H3. The van der Waals surface area contributed by atoms with Gasteiger partial charge in [0.15, 0.2) is 11.0 Å². The molecule has 0 spiro atoms. The van der Waals surface area contributed by atoms with Crippen molar-refractivity contribution in [2.45, 2.75) is 23.7 Å². The summed E-state index contributed by atoms with van der Waals surface area (Å²) < 4.78 is 50.7. The van der Waals surface area contributed by atoms with Gasteiger partial charge in [0.25, 0.3) is 0 Å². The summed E-state index contributed by atoms with van der Waals surface area (Å²) in [4.78, 5) is 4.23. The molecule has 0 N–H and O–H groups in total. The molecule has 166 valence electrons. The predicted octanol–water partition coefficient (Wildman–Crippen LogP) is 5.41. The Balaban J connectivity index is 1.36. The first-order chi connectivity index (χ1) is 15.3. The monoisotopic (exact) mass is 481 g/mol. The molecule has 0 saturated carbocycles. The minimum Gasteiger partial charge on any atom is -0.484 e. The lowest BCUT2D eigenvalue weighted by molar-refractivity contribution is -0.137. The highest BCUT2D eigenvalue weighted by Crippen LogP contribution is 2.31. The lowest BCUT2D eigenvalue weighted by Gasteiger charge is -2.07. The van der Waals surface area contributed by atoms with Gasteiger partial charge in [0.1, 0.15) is 12.4 Å². The fourth-order valence-electron chi connectivity index (χ4n) is 2.67. The normalized spacial score (nSPS) is 11.7. The van der Waals surface area contributed by atoms with Gasteiger partial charge >= 0.3 is 6.18 Å². The van der Waals surface area contributed by atoms with E-state index >= 15 is 0 Å². The van der Waals surface area contributed by atoms with Crippen molar-refractivity contribution in [3.8, 4) is 17.1 Å². The molecule has 32 heavy (non-hydrogen) atoms. The second kappa shape index (κ2) is 9.21. The van der Waals surface area contributed by atoms with Crippen molar-refractivity contribution < 1.29 is 22.4 Å². The molecule has 2 heterocycles. The average Bonchev–Trinajstić information content (AvgIpc) is 3.38. The van der Waals surface area contributed by atoms with Gasteiger partial charge in [-0.1, -0.05) is 52.8 Å². The fraction of sp³-hybridized carbons (Fsp3) is 0.200. The number of rotatable bonds is 7. The van der Waals surface area contributed by atoms with Gasteiger partial charge in [-0.2, -0.15) is 18.2 Å². The minimum absolute atomic E-state index is 0.187.